The fourth-order valence-corrected chi connectivity index (χ4v) is 4.00. The number of nitrogens with zero attached hydrogens (tertiary/aromatic N) is 2. The van der Waals surface area contributed by atoms with Crippen LogP contribution in [0.2, 0.25) is 5.02 Å². The van der Waals surface area contributed by atoms with Crippen LogP contribution in [0.5, 0.6) is 0 Å². The molecule has 2 aliphatic rings. The standard InChI is InChI=1S/C18H18ClN3O2/c19-14-4-1-2-5-15(14)20-18(24)21-9-12-8-13(11-21)16-6-3-7-17(23)22(16)10-12/h1-7,12-13H,8-11H2,(H,20,24)/t12-,13-/m1/s1. The molecule has 5 nitrogen and oxygen atoms in total. The molecule has 1 saturated heterocycles. The minimum atomic E-state index is -0.135. The van der Waals surface area contributed by atoms with E-state index < -0.39 is 0 Å². The highest BCUT2D eigenvalue weighted by molar-refractivity contribution is 6.33. The summed E-state index contributed by atoms with van der Waals surface area (Å²) < 4.78 is 1.86. The largest absolute Gasteiger partial charge is 0.324 e. The van der Waals surface area contributed by atoms with Gasteiger partial charge in [-0.2, -0.15) is 0 Å². The monoisotopic (exact) mass is 343 g/mol. The average molecular weight is 344 g/mol. The van der Waals surface area contributed by atoms with Crippen LogP contribution in [0.1, 0.15) is 18.0 Å². The molecule has 2 aromatic rings. The molecule has 1 aromatic heterocycles. The van der Waals surface area contributed by atoms with Crippen LogP contribution in [-0.4, -0.2) is 28.6 Å². The minimum Gasteiger partial charge on any atom is -0.324 e. The topological polar surface area (TPSA) is 54.3 Å². The number of aromatic nitrogens is 1. The molecule has 2 amide bonds. The van der Waals surface area contributed by atoms with Gasteiger partial charge in [-0.05, 0) is 30.5 Å². The van der Waals surface area contributed by atoms with Crippen LogP contribution in [0.25, 0.3) is 0 Å². The number of amides is 2. The number of halogens is 1. The molecule has 1 aromatic carbocycles. The molecule has 1 fully saturated rings. The maximum Gasteiger partial charge on any atom is 0.321 e. The predicted octanol–water partition coefficient (Wildman–Crippen LogP) is 3.15. The molecule has 6 heteroatoms. The minimum absolute atomic E-state index is 0.0520. The van der Waals surface area contributed by atoms with Gasteiger partial charge in [-0.1, -0.05) is 29.8 Å². The second-order valence-electron chi connectivity index (χ2n) is 6.51. The lowest BCUT2D eigenvalue weighted by atomic mass is 9.83. The number of piperidine rings is 1. The van der Waals surface area contributed by atoms with Crippen LogP contribution in [0.3, 0.4) is 0 Å². The number of hydrogen-bond donors (Lipinski definition) is 1. The number of likely N-dealkylation sites (tertiary alicyclic amines) is 1. The summed E-state index contributed by atoms with van der Waals surface area (Å²) in [5, 5.41) is 3.42. The quantitative estimate of drug-likeness (QED) is 0.864. The summed E-state index contributed by atoms with van der Waals surface area (Å²) in [5.41, 5.74) is 1.71. The molecule has 0 spiro atoms. The molecule has 2 bridgehead atoms. The summed E-state index contributed by atoms with van der Waals surface area (Å²) in [6.45, 7) is 1.96. The number of hydrogen-bond acceptors (Lipinski definition) is 2. The van der Waals surface area contributed by atoms with Crippen molar-refractivity contribution in [3.63, 3.8) is 0 Å². The fraction of sp³-hybridized carbons (Fsp3) is 0.333. The van der Waals surface area contributed by atoms with Gasteiger partial charge in [0.15, 0.2) is 0 Å². The molecular formula is C18H18ClN3O2. The Hall–Kier alpha value is -2.27. The Balaban J connectivity index is 1.55. The second-order valence-corrected chi connectivity index (χ2v) is 6.92. The molecule has 0 unspecified atom stereocenters. The van der Waals surface area contributed by atoms with Crippen molar-refractivity contribution in [1.29, 1.82) is 0 Å². The molecule has 2 atom stereocenters. The Labute approximate surface area is 144 Å². The average Bonchev–Trinajstić information content (AvgIpc) is 2.58. The molecule has 3 heterocycles. The van der Waals surface area contributed by atoms with E-state index in [0.717, 1.165) is 12.1 Å². The lowest BCUT2D eigenvalue weighted by Crippen LogP contribution is -2.50. The van der Waals surface area contributed by atoms with Crippen molar-refractivity contribution in [3.8, 4) is 0 Å². The van der Waals surface area contributed by atoms with E-state index in [1.807, 2.05) is 27.7 Å². The van der Waals surface area contributed by atoms with Gasteiger partial charge in [0, 0.05) is 37.3 Å². The summed E-state index contributed by atoms with van der Waals surface area (Å²) in [6, 6.07) is 12.5. The van der Waals surface area contributed by atoms with Crippen molar-refractivity contribution in [2.24, 2.45) is 5.92 Å². The first-order valence-electron chi connectivity index (χ1n) is 8.12. The SMILES string of the molecule is O=C(Nc1ccccc1Cl)N1C[C@H]2C[C@H](C1)c1cccc(=O)n1C2. The highest BCUT2D eigenvalue weighted by Crippen LogP contribution is 2.35. The van der Waals surface area contributed by atoms with Gasteiger partial charge in [0.1, 0.15) is 0 Å². The number of benzene rings is 1. The highest BCUT2D eigenvalue weighted by Gasteiger charge is 2.36. The highest BCUT2D eigenvalue weighted by atomic mass is 35.5. The summed E-state index contributed by atoms with van der Waals surface area (Å²) in [7, 11) is 0. The fourth-order valence-electron chi connectivity index (χ4n) is 3.82. The van der Waals surface area contributed by atoms with Gasteiger partial charge < -0.3 is 14.8 Å². The molecule has 2 aliphatic heterocycles. The first-order valence-corrected chi connectivity index (χ1v) is 8.50. The van der Waals surface area contributed by atoms with Crippen LogP contribution in [0.4, 0.5) is 10.5 Å². The maximum absolute atomic E-state index is 12.6. The van der Waals surface area contributed by atoms with Crippen molar-refractivity contribution < 1.29 is 4.79 Å². The molecule has 0 saturated carbocycles. The van der Waals surface area contributed by atoms with E-state index in [1.54, 1.807) is 24.3 Å². The van der Waals surface area contributed by atoms with Gasteiger partial charge in [-0.3, -0.25) is 4.79 Å². The summed E-state index contributed by atoms with van der Waals surface area (Å²) >= 11 is 6.12. The van der Waals surface area contributed by atoms with Crippen molar-refractivity contribution in [2.75, 3.05) is 18.4 Å². The van der Waals surface area contributed by atoms with E-state index in [0.29, 0.717) is 36.3 Å². The summed E-state index contributed by atoms with van der Waals surface area (Å²) in [5.74, 6) is 0.525. The number of rotatable bonds is 1. The predicted molar refractivity (Wildman–Crippen MR) is 93.6 cm³/mol. The third kappa shape index (κ3) is 2.69. The van der Waals surface area contributed by atoms with Gasteiger partial charge >= 0.3 is 6.03 Å². The summed E-state index contributed by atoms with van der Waals surface area (Å²) in [6.07, 6.45) is 1.03. The van der Waals surface area contributed by atoms with Gasteiger partial charge in [0.2, 0.25) is 0 Å². The summed E-state index contributed by atoms with van der Waals surface area (Å²) in [4.78, 5) is 26.5. The van der Waals surface area contributed by atoms with E-state index in [1.165, 1.54) is 0 Å². The lowest BCUT2D eigenvalue weighted by molar-refractivity contribution is 0.139. The molecular weight excluding hydrogens is 326 g/mol. The van der Waals surface area contributed by atoms with Crippen molar-refractivity contribution in [3.05, 3.63) is 63.5 Å². The molecule has 24 heavy (non-hydrogen) atoms. The number of anilines is 1. The Morgan fingerprint density at radius 2 is 1.92 bits per heavy atom. The number of para-hydroxylation sites is 1. The Morgan fingerprint density at radius 3 is 2.75 bits per heavy atom. The number of carbonyl (C=O) groups is 1. The molecule has 0 radical (unpaired) electrons. The van der Waals surface area contributed by atoms with Crippen LogP contribution < -0.4 is 10.9 Å². The number of urea groups is 1. The lowest BCUT2D eigenvalue weighted by Gasteiger charge is -2.42. The zero-order valence-corrected chi connectivity index (χ0v) is 13.9. The smallest absolute Gasteiger partial charge is 0.321 e. The van der Waals surface area contributed by atoms with Crippen LogP contribution in [0, 0.1) is 5.92 Å². The van der Waals surface area contributed by atoms with E-state index in [9.17, 15) is 9.59 Å². The third-order valence-corrected chi connectivity index (χ3v) is 5.21. The molecule has 124 valence electrons. The normalized spacial score (nSPS) is 22.0. The number of fused-ring (bicyclic) bond motifs is 4. The van der Waals surface area contributed by atoms with Crippen LogP contribution in [-0.2, 0) is 6.54 Å². The van der Waals surface area contributed by atoms with Crippen LogP contribution >= 0.6 is 11.6 Å². The number of carbonyl (C=O) groups excluding carboxylic acids is 1. The Kier molecular flexibility index (Phi) is 3.81. The number of nitrogens with one attached hydrogen (secondary N) is 1. The van der Waals surface area contributed by atoms with Gasteiger partial charge in [0.05, 0.1) is 10.7 Å². The van der Waals surface area contributed by atoms with E-state index in [-0.39, 0.29) is 17.5 Å². The van der Waals surface area contributed by atoms with Crippen molar-refractivity contribution >= 4 is 23.3 Å². The van der Waals surface area contributed by atoms with E-state index in [4.69, 9.17) is 11.6 Å². The van der Waals surface area contributed by atoms with Gasteiger partial charge in [-0.15, -0.1) is 0 Å². The Bertz CT molecular complexity index is 848. The first kappa shape index (κ1) is 15.3. The molecule has 1 N–H and O–H groups in total. The zero-order valence-electron chi connectivity index (χ0n) is 13.1. The van der Waals surface area contributed by atoms with E-state index >= 15 is 0 Å². The van der Waals surface area contributed by atoms with Crippen molar-refractivity contribution in [2.45, 2.75) is 18.9 Å². The number of pyridine rings is 1. The van der Waals surface area contributed by atoms with Gasteiger partial charge in [0.25, 0.3) is 5.56 Å². The molecule has 0 aliphatic carbocycles. The van der Waals surface area contributed by atoms with Crippen molar-refractivity contribution in [1.82, 2.24) is 9.47 Å². The first-order chi connectivity index (χ1) is 11.6. The molecule has 4 rings (SSSR count). The third-order valence-electron chi connectivity index (χ3n) is 4.88. The van der Waals surface area contributed by atoms with E-state index in [2.05, 4.69) is 5.32 Å². The maximum atomic E-state index is 12.6. The second kappa shape index (κ2) is 5.98. The van der Waals surface area contributed by atoms with Crippen LogP contribution in [0.15, 0.2) is 47.3 Å². The Morgan fingerprint density at radius 1 is 1.08 bits per heavy atom. The van der Waals surface area contributed by atoms with Gasteiger partial charge in [-0.25, -0.2) is 4.79 Å². The zero-order chi connectivity index (χ0) is 16.7.